The molecule has 0 radical (unpaired) electrons. The molecule has 160 valence electrons. The predicted octanol–water partition coefficient (Wildman–Crippen LogP) is 4.90. The van der Waals surface area contributed by atoms with Crippen molar-refractivity contribution in [2.75, 3.05) is 14.1 Å². The molecule has 2 aliphatic heterocycles. The Labute approximate surface area is 189 Å². The van der Waals surface area contributed by atoms with Crippen molar-refractivity contribution in [2.24, 2.45) is 32.7 Å². The number of likely N-dealkylation sites (N-methyl/N-ethyl adjacent to an activating group) is 1. The molecular weight excluding hydrogens is 400 g/mol. The van der Waals surface area contributed by atoms with Crippen molar-refractivity contribution < 1.29 is 0 Å². The summed E-state index contributed by atoms with van der Waals surface area (Å²) < 4.78 is 0. The lowest BCUT2D eigenvalue weighted by atomic mass is 9.81. The average molecular weight is 432 g/mol. The van der Waals surface area contributed by atoms with Gasteiger partial charge in [-0.25, -0.2) is 4.99 Å². The fourth-order valence-corrected chi connectivity index (χ4v) is 5.39. The van der Waals surface area contributed by atoms with Gasteiger partial charge in [-0.3, -0.25) is 0 Å². The molecule has 5 heteroatoms. The number of hydrogen-bond donors (Lipinski definition) is 0. The van der Waals surface area contributed by atoms with Gasteiger partial charge in [0.25, 0.3) is 11.4 Å². The minimum Gasteiger partial charge on any atom is -0.378 e. The molecule has 1 aliphatic carbocycles. The summed E-state index contributed by atoms with van der Waals surface area (Å²) in [7, 11) is 4.14. The van der Waals surface area contributed by atoms with Crippen LogP contribution >= 0.6 is 0 Å². The van der Waals surface area contributed by atoms with Gasteiger partial charge in [-0.05, 0) is 62.5 Å². The first kappa shape index (κ1) is 21.6. The number of amidine groups is 1. The van der Waals surface area contributed by atoms with E-state index in [4.69, 9.17) is 15.0 Å². The number of nitrogens with zero attached hydrogens (tertiary/aromatic N) is 4. The quantitative estimate of drug-likeness (QED) is 0.483. The topological polar surface area (TPSA) is 40.3 Å². The van der Waals surface area contributed by atoms with Crippen LogP contribution in [0, 0.1) is 17.8 Å². The average Bonchev–Trinajstić information content (AvgIpc) is 3.07. The van der Waals surface area contributed by atoms with E-state index >= 15 is 0 Å². The molecule has 1 aromatic carbocycles. The summed E-state index contributed by atoms with van der Waals surface area (Å²) in [5.74, 6) is 1.98. The second-order valence-corrected chi connectivity index (χ2v) is 9.62. The van der Waals surface area contributed by atoms with Gasteiger partial charge in [0, 0.05) is 31.4 Å². The van der Waals surface area contributed by atoms with Crippen LogP contribution in [0.15, 0.2) is 81.1 Å². The van der Waals surface area contributed by atoms with Gasteiger partial charge < -0.3 is 4.90 Å². The molecule has 0 spiro atoms. The third kappa shape index (κ3) is 4.82. The molecule has 0 bridgehead atoms. The first-order valence-electron chi connectivity index (χ1n) is 11.0. The Morgan fingerprint density at radius 2 is 1.84 bits per heavy atom. The highest BCUT2D eigenvalue weighted by molar-refractivity contribution is 7.96. The van der Waals surface area contributed by atoms with Crippen molar-refractivity contribution >= 4 is 32.8 Å². The summed E-state index contributed by atoms with van der Waals surface area (Å²) in [5, 5.41) is 0.791. The Bertz CT molecular complexity index is 1050. The Balaban J connectivity index is 1.61. The highest BCUT2D eigenvalue weighted by Gasteiger charge is 2.35. The number of fused-ring (bicyclic) bond motifs is 1. The summed E-state index contributed by atoms with van der Waals surface area (Å²) in [6, 6.07) is 10.7. The zero-order chi connectivity index (χ0) is 22.0. The SMILES string of the molecule is CCC1C(C)=NC(N=C2N=C3C=CC(N(C)C)=CC(C)C3=[S+]2)=CC1Cc1ccccc1. The summed E-state index contributed by atoms with van der Waals surface area (Å²) in [6.45, 7) is 6.62. The number of aliphatic imine (C=N–C) groups is 3. The van der Waals surface area contributed by atoms with Gasteiger partial charge >= 0.3 is 5.17 Å². The van der Waals surface area contributed by atoms with Crippen LogP contribution in [0.4, 0.5) is 0 Å². The maximum atomic E-state index is 4.87. The van der Waals surface area contributed by atoms with Crippen LogP contribution in [0.3, 0.4) is 0 Å². The highest BCUT2D eigenvalue weighted by Crippen LogP contribution is 2.30. The fourth-order valence-electron chi connectivity index (χ4n) is 4.44. The molecule has 0 amide bonds. The van der Waals surface area contributed by atoms with Gasteiger partial charge in [0.2, 0.25) is 4.86 Å². The van der Waals surface area contributed by atoms with E-state index in [1.165, 1.54) is 21.8 Å². The van der Waals surface area contributed by atoms with Crippen LogP contribution in [0.2, 0.25) is 0 Å². The number of benzene rings is 1. The van der Waals surface area contributed by atoms with Crippen LogP contribution in [0.5, 0.6) is 0 Å². The van der Waals surface area contributed by atoms with Gasteiger partial charge in [-0.2, -0.15) is 9.98 Å². The van der Waals surface area contributed by atoms with E-state index in [-0.39, 0.29) is 0 Å². The number of rotatable bonds is 5. The lowest BCUT2D eigenvalue weighted by Gasteiger charge is -2.27. The van der Waals surface area contributed by atoms with Gasteiger partial charge in [0.15, 0.2) is 5.82 Å². The monoisotopic (exact) mass is 431 g/mol. The standard InChI is InChI=1S/C26H31N4S/c1-6-22-18(3)27-24(16-20(22)15-19-10-8-7-9-11-19)29-26-28-23-13-12-21(30(4)5)14-17(2)25(23)31-26/h7-14,16-17,20,22H,6,15H2,1-5H3/q+1. The predicted molar refractivity (Wildman–Crippen MR) is 136 cm³/mol. The minimum atomic E-state index is 0.310. The van der Waals surface area contributed by atoms with E-state index < -0.39 is 0 Å². The first-order chi connectivity index (χ1) is 14.9. The van der Waals surface area contributed by atoms with E-state index in [0.717, 1.165) is 29.5 Å². The lowest BCUT2D eigenvalue weighted by Crippen LogP contribution is -2.25. The van der Waals surface area contributed by atoms with E-state index in [1.807, 2.05) is 0 Å². The molecule has 2 heterocycles. The third-order valence-corrected chi connectivity index (χ3v) is 7.27. The van der Waals surface area contributed by atoms with Gasteiger partial charge in [0.1, 0.15) is 5.71 Å². The van der Waals surface area contributed by atoms with Crippen LogP contribution in [-0.4, -0.2) is 40.5 Å². The molecule has 4 nitrogen and oxygen atoms in total. The van der Waals surface area contributed by atoms with E-state index in [2.05, 4.69) is 94.4 Å². The molecule has 0 fully saturated rings. The smallest absolute Gasteiger partial charge is 0.378 e. The van der Waals surface area contributed by atoms with Crippen molar-refractivity contribution in [3.8, 4) is 0 Å². The Morgan fingerprint density at radius 1 is 1.06 bits per heavy atom. The van der Waals surface area contributed by atoms with Crippen molar-refractivity contribution in [3.63, 3.8) is 0 Å². The van der Waals surface area contributed by atoms with Crippen LogP contribution < -0.4 is 0 Å². The molecular formula is C26H31N4S+. The van der Waals surface area contributed by atoms with Crippen molar-refractivity contribution in [3.05, 3.63) is 71.7 Å². The van der Waals surface area contributed by atoms with Crippen LogP contribution in [0.25, 0.3) is 0 Å². The molecule has 31 heavy (non-hydrogen) atoms. The van der Waals surface area contributed by atoms with Crippen molar-refractivity contribution in [1.82, 2.24) is 4.90 Å². The van der Waals surface area contributed by atoms with E-state index in [9.17, 15) is 0 Å². The number of allylic oxidation sites excluding steroid dienone is 4. The van der Waals surface area contributed by atoms with Gasteiger partial charge in [0.05, 0.1) is 5.92 Å². The molecule has 3 atom stereocenters. The molecule has 3 unspecified atom stereocenters. The van der Waals surface area contributed by atoms with Gasteiger partial charge in [-0.15, -0.1) is 0 Å². The Kier molecular flexibility index (Phi) is 6.42. The summed E-state index contributed by atoms with van der Waals surface area (Å²) in [4.78, 5) is 17.9. The maximum absolute atomic E-state index is 4.87. The number of hydrogen-bond acceptors (Lipinski definition) is 3. The fraction of sp³-hybridized carbons (Fsp3) is 0.385. The molecule has 4 rings (SSSR count). The summed E-state index contributed by atoms with van der Waals surface area (Å²) in [6.07, 6.45) is 10.9. The van der Waals surface area contributed by atoms with Crippen LogP contribution in [-0.2, 0) is 17.8 Å². The normalized spacial score (nSPS) is 26.4. The molecule has 0 aromatic heterocycles. The van der Waals surface area contributed by atoms with Crippen molar-refractivity contribution in [1.29, 1.82) is 0 Å². The van der Waals surface area contributed by atoms with E-state index in [1.54, 1.807) is 11.4 Å². The van der Waals surface area contributed by atoms with E-state index in [0.29, 0.717) is 17.8 Å². The third-order valence-electron chi connectivity index (χ3n) is 6.10. The molecule has 0 saturated carbocycles. The van der Waals surface area contributed by atoms with Gasteiger partial charge in [-0.1, -0.05) is 37.3 Å². The maximum Gasteiger partial charge on any atom is 0.425 e. The molecule has 0 saturated heterocycles. The summed E-state index contributed by atoms with van der Waals surface area (Å²) >= 11 is 1.67. The Hall–Kier alpha value is -2.66. The minimum absolute atomic E-state index is 0.310. The first-order valence-corrected chi connectivity index (χ1v) is 11.9. The highest BCUT2D eigenvalue weighted by atomic mass is 32.1. The lowest BCUT2D eigenvalue weighted by molar-refractivity contribution is 0.473. The van der Waals surface area contributed by atoms with Crippen LogP contribution in [0.1, 0.15) is 32.8 Å². The molecule has 1 aromatic rings. The Morgan fingerprint density at radius 3 is 2.55 bits per heavy atom. The zero-order valence-electron chi connectivity index (χ0n) is 19.0. The van der Waals surface area contributed by atoms with Crippen molar-refractivity contribution in [2.45, 2.75) is 33.6 Å². The molecule has 3 aliphatic rings. The second-order valence-electron chi connectivity index (χ2n) is 8.61. The molecule has 0 N–H and O–H groups in total. The summed E-state index contributed by atoms with van der Waals surface area (Å²) in [5.41, 5.74) is 4.77. The largest absolute Gasteiger partial charge is 0.425 e. The second kappa shape index (κ2) is 9.23. The zero-order valence-corrected chi connectivity index (χ0v) is 19.9.